The van der Waals surface area contributed by atoms with Crippen LogP contribution in [0.2, 0.25) is 0 Å². The number of ether oxygens (including phenoxy) is 1. The van der Waals surface area contributed by atoms with Crippen molar-refractivity contribution in [3.8, 4) is 5.75 Å². The van der Waals surface area contributed by atoms with E-state index in [0.29, 0.717) is 0 Å². The van der Waals surface area contributed by atoms with E-state index in [1.807, 2.05) is 32.9 Å². The summed E-state index contributed by atoms with van der Waals surface area (Å²) in [5.74, 6) is 0.0884. The first-order chi connectivity index (χ1) is 9.01. The van der Waals surface area contributed by atoms with Crippen LogP contribution in [-0.2, 0) is 9.53 Å². The maximum atomic E-state index is 11.8. The molecule has 0 aromatic heterocycles. The van der Waals surface area contributed by atoms with Gasteiger partial charge in [-0.15, -0.1) is 0 Å². The zero-order chi connectivity index (χ0) is 14.4. The van der Waals surface area contributed by atoms with Crippen LogP contribution < -0.4 is 5.32 Å². The van der Waals surface area contributed by atoms with Crippen molar-refractivity contribution < 1.29 is 14.6 Å². The molecule has 4 heteroatoms. The summed E-state index contributed by atoms with van der Waals surface area (Å²) in [5, 5.41) is 13.2. The molecule has 106 valence electrons. The minimum absolute atomic E-state index is 0.0762. The van der Waals surface area contributed by atoms with Crippen molar-refractivity contribution in [3.05, 3.63) is 29.8 Å². The zero-order valence-corrected chi connectivity index (χ0v) is 12.0. The molecular weight excluding hydrogens is 242 g/mol. The van der Waals surface area contributed by atoms with Gasteiger partial charge in [0.25, 0.3) is 0 Å². The van der Waals surface area contributed by atoms with Crippen molar-refractivity contribution in [1.29, 1.82) is 0 Å². The first kappa shape index (κ1) is 15.5. The highest BCUT2D eigenvalue weighted by atomic mass is 16.5. The third kappa shape index (κ3) is 3.96. The van der Waals surface area contributed by atoms with Crippen LogP contribution in [0.25, 0.3) is 0 Å². The molecule has 1 aromatic rings. The number of para-hydroxylation sites is 1. The average Bonchev–Trinajstić information content (AvgIpc) is 2.40. The lowest BCUT2D eigenvalue weighted by atomic mass is 9.98. The number of carbonyl (C=O) groups is 1. The number of phenols is 1. The van der Waals surface area contributed by atoms with Gasteiger partial charge in [-0.2, -0.15) is 0 Å². The molecule has 0 amide bonds. The van der Waals surface area contributed by atoms with Crippen molar-refractivity contribution >= 4 is 5.97 Å². The van der Waals surface area contributed by atoms with Gasteiger partial charge in [-0.3, -0.25) is 10.1 Å². The number of hydrogen-bond donors (Lipinski definition) is 2. The highest BCUT2D eigenvalue weighted by molar-refractivity contribution is 5.76. The summed E-state index contributed by atoms with van der Waals surface area (Å²) < 4.78 is 4.82. The average molecular weight is 265 g/mol. The van der Waals surface area contributed by atoms with Crippen LogP contribution in [0.5, 0.6) is 5.75 Å². The molecule has 0 aliphatic carbocycles. The van der Waals surface area contributed by atoms with Gasteiger partial charge in [0.1, 0.15) is 11.8 Å². The first-order valence-corrected chi connectivity index (χ1v) is 6.63. The summed E-state index contributed by atoms with van der Waals surface area (Å²) >= 11 is 0. The van der Waals surface area contributed by atoms with E-state index >= 15 is 0 Å². The molecule has 0 heterocycles. The van der Waals surface area contributed by atoms with E-state index in [4.69, 9.17) is 4.74 Å². The molecule has 1 rings (SSSR count). The maximum Gasteiger partial charge on any atom is 0.323 e. The second-order valence-corrected chi connectivity index (χ2v) is 4.93. The molecule has 2 atom stereocenters. The first-order valence-electron chi connectivity index (χ1n) is 6.63. The standard InChI is InChI=1S/C15H23NO3/c1-5-12(11-8-6-7-9-13(11)17)16-14(10(2)3)15(18)19-4/h6-10,12,14,16-17H,5H2,1-4H3. The second kappa shape index (κ2) is 7.14. The predicted octanol–water partition coefficient (Wildman–Crippen LogP) is 2.63. The lowest BCUT2D eigenvalue weighted by Gasteiger charge is -2.26. The predicted molar refractivity (Wildman–Crippen MR) is 74.9 cm³/mol. The smallest absolute Gasteiger partial charge is 0.323 e. The Balaban J connectivity index is 2.92. The van der Waals surface area contributed by atoms with Crippen molar-refractivity contribution in [2.45, 2.75) is 39.3 Å². The summed E-state index contributed by atoms with van der Waals surface area (Å²) in [5.41, 5.74) is 0.805. The fourth-order valence-electron chi connectivity index (χ4n) is 2.09. The molecule has 0 fully saturated rings. The van der Waals surface area contributed by atoms with Gasteiger partial charge in [0.2, 0.25) is 0 Å². The molecule has 0 saturated carbocycles. The lowest BCUT2D eigenvalue weighted by Crippen LogP contribution is -2.43. The molecule has 2 N–H and O–H groups in total. The third-order valence-corrected chi connectivity index (χ3v) is 3.22. The SMILES string of the molecule is CCC(NC(C(=O)OC)C(C)C)c1ccccc1O. The fraction of sp³-hybridized carbons (Fsp3) is 0.533. The molecule has 2 unspecified atom stereocenters. The molecule has 1 aromatic carbocycles. The van der Waals surface area contributed by atoms with Gasteiger partial charge in [0, 0.05) is 11.6 Å². The summed E-state index contributed by atoms with van der Waals surface area (Å²) in [4.78, 5) is 11.8. The van der Waals surface area contributed by atoms with E-state index in [0.717, 1.165) is 12.0 Å². The third-order valence-electron chi connectivity index (χ3n) is 3.22. The largest absolute Gasteiger partial charge is 0.508 e. The molecule has 4 nitrogen and oxygen atoms in total. The Kier molecular flexibility index (Phi) is 5.83. The maximum absolute atomic E-state index is 11.8. The van der Waals surface area contributed by atoms with Gasteiger partial charge in [-0.05, 0) is 18.4 Å². The van der Waals surface area contributed by atoms with E-state index in [-0.39, 0.29) is 29.7 Å². The molecular formula is C15H23NO3. The Labute approximate surface area is 114 Å². The van der Waals surface area contributed by atoms with Crippen LogP contribution in [0.3, 0.4) is 0 Å². The molecule has 0 radical (unpaired) electrons. The highest BCUT2D eigenvalue weighted by Gasteiger charge is 2.26. The zero-order valence-electron chi connectivity index (χ0n) is 12.0. The number of rotatable bonds is 6. The summed E-state index contributed by atoms with van der Waals surface area (Å²) in [6, 6.07) is 6.73. The Morgan fingerprint density at radius 3 is 2.47 bits per heavy atom. The number of nitrogens with one attached hydrogen (secondary N) is 1. The van der Waals surface area contributed by atoms with Gasteiger partial charge in [-0.1, -0.05) is 39.0 Å². The molecule has 0 saturated heterocycles. The summed E-state index contributed by atoms with van der Waals surface area (Å²) in [6.45, 7) is 5.94. The molecule has 0 aliphatic rings. The fourth-order valence-corrected chi connectivity index (χ4v) is 2.09. The normalized spacial score (nSPS) is 14.2. The molecule has 19 heavy (non-hydrogen) atoms. The van der Waals surface area contributed by atoms with E-state index in [1.165, 1.54) is 7.11 Å². The molecule has 0 aliphatic heterocycles. The lowest BCUT2D eigenvalue weighted by molar-refractivity contribution is -0.144. The summed E-state index contributed by atoms with van der Waals surface area (Å²) in [7, 11) is 1.39. The molecule has 0 spiro atoms. The van der Waals surface area contributed by atoms with Crippen LogP contribution in [0.1, 0.15) is 38.8 Å². The Hall–Kier alpha value is -1.55. The number of aromatic hydroxyl groups is 1. The quantitative estimate of drug-likeness (QED) is 0.776. The van der Waals surface area contributed by atoms with Gasteiger partial charge in [0.15, 0.2) is 0 Å². The van der Waals surface area contributed by atoms with Gasteiger partial charge >= 0.3 is 5.97 Å². The van der Waals surface area contributed by atoms with Crippen LogP contribution >= 0.6 is 0 Å². The number of benzene rings is 1. The van der Waals surface area contributed by atoms with Gasteiger partial charge < -0.3 is 9.84 Å². The van der Waals surface area contributed by atoms with Crippen LogP contribution in [0, 0.1) is 5.92 Å². The van der Waals surface area contributed by atoms with E-state index in [1.54, 1.807) is 12.1 Å². The monoisotopic (exact) mass is 265 g/mol. The second-order valence-electron chi connectivity index (χ2n) is 4.93. The Morgan fingerprint density at radius 1 is 1.37 bits per heavy atom. The van der Waals surface area contributed by atoms with Gasteiger partial charge in [-0.25, -0.2) is 0 Å². The van der Waals surface area contributed by atoms with Gasteiger partial charge in [0.05, 0.1) is 7.11 Å². The minimum Gasteiger partial charge on any atom is -0.508 e. The van der Waals surface area contributed by atoms with Crippen molar-refractivity contribution in [3.63, 3.8) is 0 Å². The van der Waals surface area contributed by atoms with Crippen LogP contribution in [0.15, 0.2) is 24.3 Å². The number of methoxy groups -OCH3 is 1. The highest BCUT2D eigenvalue weighted by Crippen LogP contribution is 2.27. The van der Waals surface area contributed by atoms with Crippen LogP contribution in [0.4, 0.5) is 0 Å². The van der Waals surface area contributed by atoms with Crippen molar-refractivity contribution in [1.82, 2.24) is 5.32 Å². The van der Waals surface area contributed by atoms with Crippen molar-refractivity contribution in [2.75, 3.05) is 7.11 Å². The Morgan fingerprint density at radius 2 is 2.00 bits per heavy atom. The number of hydrogen-bond acceptors (Lipinski definition) is 4. The molecule has 0 bridgehead atoms. The van der Waals surface area contributed by atoms with E-state index in [9.17, 15) is 9.90 Å². The van der Waals surface area contributed by atoms with Crippen molar-refractivity contribution in [2.24, 2.45) is 5.92 Å². The number of carbonyl (C=O) groups excluding carboxylic acids is 1. The van der Waals surface area contributed by atoms with E-state index in [2.05, 4.69) is 5.32 Å². The number of esters is 1. The summed E-state index contributed by atoms with van der Waals surface area (Å²) in [6.07, 6.45) is 0.776. The minimum atomic E-state index is -0.380. The topological polar surface area (TPSA) is 58.6 Å². The van der Waals surface area contributed by atoms with E-state index < -0.39 is 0 Å². The van der Waals surface area contributed by atoms with Crippen LogP contribution in [-0.4, -0.2) is 24.2 Å². The Bertz CT molecular complexity index is 418. The number of phenolic OH excluding ortho intramolecular Hbond substituents is 1.